The second-order valence-electron chi connectivity index (χ2n) is 6.29. The Bertz CT molecular complexity index is 783. The molecule has 1 saturated carbocycles. The minimum atomic E-state index is -0.530. The van der Waals surface area contributed by atoms with Crippen molar-refractivity contribution < 1.29 is 19.1 Å². The molecule has 1 aromatic carbocycles. The van der Waals surface area contributed by atoms with Crippen LogP contribution in [0, 0.1) is 0 Å². The van der Waals surface area contributed by atoms with E-state index in [9.17, 15) is 9.59 Å². The lowest BCUT2D eigenvalue weighted by molar-refractivity contribution is -0.143. The molecule has 2 N–H and O–H groups in total. The van der Waals surface area contributed by atoms with Crippen LogP contribution in [-0.2, 0) is 9.53 Å². The molecule has 1 fully saturated rings. The van der Waals surface area contributed by atoms with Crippen molar-refractivity contribution in [3.8, 4) is 5.75 Å². The third kappa shape index (κ3) is 4.41. The summed E-state index contributed by atoms with van der Waals surface area (Å²) < 4.78 is 10.3. The zero-order valence-electron chi connectivity index (χ0n) is 15.0. The van der Waals surface area contributed by atoms with Crippen molar-refractivity contribution >= 4 is 11.9 Å². The summed E-state index contributed by atoms with van der Waals surface area (Å²) in [6.07, 6.45) is 2.28. The van der Waals surface area contributed by atoms with Crippen LogP contribution in [0.25, 0.3) is 0 Å². The van der Waals surface area contributed by atoms with Crippen LogP contribution in [0.2, 0.25) is 0 Å². The smallest absolute Gasteiger partial charge is 0.308 e. The third-order valence-corrected chi connectivity index (χ3v) is 4.33. The van der Waals surface area contributed by atoms with Crippen molar-refractivity contribution in [2.75, 3.05) is 13.7 Å². The van der Waals surface area contributed by atoms with Gasteiger partial charge in [-0.1, -0.05) is 12.1 Å². The summed E-state index contributed by atoms with van der Waals surface area (Å²) in [7, 11) is 1.57. The number of hydrogen-bond donors (Lipinski definition) is 2. The number of nitrogens with one attached hydrogen (secondary N) is 2. The molecule has 0 spiro atoms. The molecule has 1 aliphatic rings. The standard InChI is InChI=1S/C19H23N3O4/c1-3-26-18(23)11-15(13-5-4-6-14(9-13)25-2)20-19(24)17-10-16(21-22-17)12-7-8-12/h4-6,9-10,12,15H,3,7-8,11H2,1-2H3,(H,20,24)(H,21,22)/t15-/m1/s1. The Morgan fingerprint density at radius 1 is 1.35 bits per heavy atom. The first-order valence-corrected chi connectivity index (χ1v) is 8.76. The molecule has 0 aliphatic heterocycles. The van der Waals surface area contributed by atoms with Crippen molar-refractivity contribution in [3.05, 3.63) is 47.3 Å². The van der Waals surface area contributed by atoms with Gasteiger partial charge in [-0.05, 0) is 43.5 Å². The normalized spacial score (nSPS) is 14.5. The Morgan fingerprint density at radius 2 is 2.15 bits per heavy atom. The molecular formula is C19H23N3O4. The summed E-state index contributed by atoms with van der Waals surface area (Å²) in [4.78, 5) is 24.6. The fourth-order valence-corrected chi connectivity index (χ4v) is 2.79. The number of carbonyl (C=O) groups excluding carboxylic acids is 2. The van der Waals surface area contributed by atoms with E-state index in [0.717, 1.165) is 24.1 Å². The van der Waals surface area contributed by atoms with Crippen LogP contribution >= 0.6 is 0 Å². The van der Waals surface area contributed by atoms with Crippen molar-refractivity contribution in [1.82, 2.24) is 15.5 Å². The Labute approximate surface area is 152 Å². The van der Waals surface area contributed by atoms with E-state index >= 15 is 0 Å². The van der Waals surface area contributed by atoms with Gasteiger partial charge in [0.1, 0.15) is 11.4 Å². The van der Waals surface area contributed by atoms with Crippen molar-refractivity contribution in [2.45, 2.75) is 38.1 Å². The highest BCUT2D eigenvalue weighted by atomic mass is 16.5. The molecule has 138 valence electrons. The second-order valence-corrected chi connectivity index (χ2v) is 6.29. The van der Waals surface area contributed by atoms with Gasteiger partial charge in [-0.25, -0.2) is 0 Å². The molecule has 7 heteroatoms. The summed E-state index contributed by atoms with van der Waals surface area (Å²) in [5.74, 6) is 0.436. The molecule has 3 rings (SSSR count). The molecule has 7 nitrogen and oxygen atoms in total. The number of amides is 1. The first-order chi connectivity index (χ1) is 12.6. The van der Waals surface area contributed by atoms with Crippen LogP contribution in [0.4, 0.5) is 0 Å². The van der Waals surface area contributed by atoms with Gasteiger partial charge in [0.2, 0.25) is 0 Å². The zero-order chi connectivity index (χ0) is 18.5. The molecule has 0 saturated heterocycles. The molecule has 26 heavy (non-hydrogen) atoms. The van der Waals surface area contributed by atoms with E-state index in [1.807, 2.05) is 18.2 Å². The van der Waals surface area contributed by atoms with Crippen LogP contribution in [0.15, 0.2) is 30.3 Å². The zero-order valence-corrected chi connectivity index (χ0v) is 15.0. The van der Waals surface area contributed by atoms with Gasteiger partial charge in [0.15, 0.2) is 0 Å². The minimum Gasteiger partial charge on any atom is -0.497 e. The average molecular weight is 357 g/mol. The minimum absolute atomic E-state index is 0.0344. The maximum Gasteiger partial charge on any atom is 0.308 e. The lowest BCUT2D eigenvalue weighted by atomic mass is 10.0. The molecule has 2 aromatic rings. The topological polar surface area (TPSA) is 93.3 Å². The summed E-state index contributed by atoms with van der Waals surface area (Å²) in [5.41, 5.74) is 2.07. The predicted molar refractivity (Wildman–Crippen MR) is 95.0 cm³/mol. The summed E-state index contributed by atoms with van der Waals surface area (Å²) in [5, 5.41) is 9.90. The lowest BCUT2D eigenvalue weighted by Crippen LogP contribution is -2.31. The SMILES string of the molecule is CCOC(=O)C[C@@H](NC(=O)c1cc(C2CC2)[nH]n1)c1cccc(OC)c1. The first-order valence-electron chi connectivity index (χ1n) is 8.76. The van der Waals surface area contributed by atoms with Gasteiger partial charge in [-0.2, -0.15) is 5.10 Å². The van der Waals surface area contributed by atoms with Crippen molar-refractivity contribution in [2.24, 2.45) is 0 Å². The molecule has 0 unspecified atom stereocenters. The third-order valence-electron chi connectivity index (χ3n) is 4.33. The fraction of sp³-hybridized carbons (Fsp3) is 0.421. The van der Waals surface area contributed by atoms with E-state index < -0.39 is 6.04 Å². The monoisotopic (exact) mass is 357 g/mol. The molecule has 0 bridgehead atoms. The number of ether oxygens (including phenoxy) is 2. The van der Waals surface area contributed by atoms with E-state index in [1.165, 1.54) is 0 Å². The fourth-order valence-electron chi connectivity index (χ4n) is 2.79. The number of esters is 1. The molecule has 1 amide bonds. The number of aromatic nitrogens is 2. The highest BCUT2D eigenvalue weighted by molar-refractivity contribution is 5.93. The Morgan fingerprint density at radius 3 is 2.85 bits per heavy atom. The predicted octanol–water partition coefficient (Wildman–Crippen LogP) is 2.72. The number of aromatic amines is 1. The van der Waals surface area contributed by atoms with Gasteiger partial charge in [0.25, 0.3) is 5.91 Å². The first kappa shape index (κ1) is 18.0. The highest BCUT2D eigenvalue weighted by Gasteiger charge is 2.27. The van der Waals surface area contributed by atoms with Crippen LogP contribution < -0.4 is 10.1 Å². The molecule has 1 aliphatic carbocycles. The average Bonchev–Trinajstić information content (AvgIpc) is 3.38. The summed E-state index contributed by atoms with van der Waals surface area (Å²) in [6.45, 7) is 2.04. The van der Waals surface area contributed by atoms with E-state index in [1.54, 1.807) is 26.2 Å². The number of benzene rings is 1. The Balaban J connectivity index is 1.76. The van der Waals surface area contributed by atoms with Gasteiger partial charge >= 0.3 is 5.97 Å². The molecular weight excluding hydrogens is 334 g/mol. The van der Waals surface area contributed by atoms with Crippen LogP contribution in [0.1, 0.15) is 59.9 Å². The van der Waals surface area contributed by atoms with Crippen molar-refractivity contribution in [1.29, 1.82) is 0 Å². The molecule has 1 heterocycles. The Kier molecular flexibility index (Phi) is 5.55. The molecule has 0 radical (unpaired) electrons. The number of methoxy groups -OCH3 is 1. The molecule has 1 atom stereocenters. The van der Waals surface area contributed by atoms with Crippen molar-refractivity contribution in [3.63, 3.8) is 0 Å². The van der Waals surface area contributed by atoms with E-state index in [-0.39, 0.29) is 18.3 Å². The van der Waals surface area contributed by atoms with Crippen LogP contribution in [-0.4, -0.2) is 35.8 Å². The van der Waals surface area contributed by atoms with E-state index in [2.05, 4.69) is 15.5 Å². The van der Waals surface area contributed by atoms with E-state index in [4.69, 9.17) is 9.47 Å². The maximum absolute atomic E-state index is 12.6. The largest absolute Gasteiger partial charge is 0.497 e. The quantitative estimate of drug-likeness (QED) is 0.709. The Hall–Kier alpha value is -2.83. The number of H-pyrrole nitrogens is 1. The summed E-state index contributed by atoms with van der Waals surface area (Å²) >= 11 is 0. The maximum atomic E-state index is 12.6. The van der Waals surface area contributed by atoms with Gasteiger partial charge in [0, 0.05) is 11.6 Å². The number of nitrogens with zero attached hydrogens (tertiary/aromatic N) is 1. The lowest BCUT2D eigenvalue weighted by Gasteiger charge is -2.18. The van der Waals surface area contributed by atoms with Gasteiger partial charge in [-0.3, -0.25) is 14.7 Å². The molecule has 1 aromatic heterocycles. The van der Waals surface area contributed by atoms with Gasteiger partial charge < -0.3 is 14.8 Å². The van der Waals surface area contributed by atoms with Crippen LogP contribution in [0.3, 0.4) is 0 Å². The number of rotatable bonds is 8. The second kappa shape index (κ2) is 8.03. The highest BCUT2D eigenvalue weighted by Crippen LogP contribution is 2.39. The van der Waals surface area contributed by atoms with Gasteiger partial charge in [0.05, 0.1) is 26.2 Å². The number of carbonyl (C=O) groups is 2. The van der Waals surface area contributed by atoms with Gasteiger partial charge in [-0.15, -0.1) is 0 Å². The number of hydrogen-bond acceptors (Lipinski definition) is 5. The summed E-state index contributed by atoms with van der Waals surface area (Å²) in [6, 6.07) is 8.51. The van der Waals surface area contributed by atoms with E-state index in [0.29, 0.717) is 24.0 Å². The van der Waals surface area contributed by atoms with Crippen LogP contribution in [0.5, 0.6) is 5.75 Å².